The number of ether oxygens (including phenoxy) is 1. The molecule has 0 amide bonds. The molecule has 2 fully saturated rings. The molecular formula is C10H17NO2. The second kappa shape index (κ2) is 3.66. The maximum Gasteiger partial charge on any atom is 0.323 e. The standard InChI is InChI=1S/C10H17NO2/c1-2-5-13-10(12)9-7-3-4-8(6-7)11-9/h7-9,11H,2-6H2,1H3. The lowest BCUT2D eigenvalue weighted by Crippen LogP contribution is -2.42. The van der Waals surface area contributed by atoms with Crippen LogP contribution in [0.25, 0.3) is 0 Å². The number of rotatable bonds is 3. The van der Waals surface area contributed by atoms with Gasteiger partial charge in [0.05, 0.1) is 6.61 Å². The first kappa shape index (κ1) is 9.00. The second-order valence-corrected chi connectivity index (χ2v) is 4.08. The van der Waals surface area contributed by atoms with Gasteiger partial charge in [0, 0.05) is 6.04 Å². The van der Waals surface area contributed by atoms with Crippen molar-refractivity contribution in [1.29, 1.82) is 0 Å². The van der Waals surface area contributed by atoms with Gasteiger partial charge >= 0.3 is 5.97 Å². The van der Waals surface area contributed by atoms with Crippen molar-refractivity contribution >= 4 is 5.97 Å². The number of hydrogen-bond donors (Lipinski definition) is 1. The van der Waals surface area contributed by atoms with Crippen LogP contribution < -0.4 is 5.32 Å². The smallest absolute Gasteiger partial charge is 0.323 e. The lowest BCUT2D eigenvalue weighted by Gasteiger charge is -2.21. The average molecular weight is 183 g/mol. The van der Waals surface area contributed by atoms with Crippen LogP contribution in [-0.4, -0.2) is 24.7 Å². The zero-order chi connectivity index (χ0) is 9.26. The van der Waals surface area contributed by atoms with E-state index in [-0.39, 0.29) is 12.0 Å². The lowest BCUT2D eigenvalue weighted by atomic mass is 10.0. The highest BCUT2D eigenvalue weighted by atomic mass is 16.5. The molecule has 2 rings (SSSR count). The van der Waals surface area contributed by atoms with Gasteiger partial charge in [-0.15, -0.1) is 0 Å². The van der Waals surface area contributed by atoms with E-state index in [1.165, 1.54) is 19.3 Å². The molecule has 1 saturated heterocycles. The Bertz CT molecular complexity index is 205. The van der Waals surface area contributed by atoms with Gasteiger partial charge in [-0.25, -0.2) is 0 Å². The van der Waals surface area contributed by atoms with Crippen LogP contribution in [0.15, 0.2) is 0 Å². The van der Waals surface area contributed by atoms with Crippen molar-refractivity contribution in [3.05, 3.63) is 0 Å². The number of carbonyl (C=O) groups is 1. The van der Waals surface area contributed by atoms with Gasteiger partial charge in [-0.3, -0.25) is 4.79 Å². The molecule has 3 unspecified atom stereocenters. The summed E-state index contributed by atoms with van der Waals surface area (Å²) in [5.74, 6) is 0.517. The van der Waals surface area contributed by atoms with Crippen LogP contribution in [0, 0.1) is 5.92 Å². The van der Waals surface area contributed by atoms with E-state index >= 15 is 0 Å². The van der Waals surface area contributed by atoms with Crippen molar-refractivity contribution in [2.45, 2.75) is 44.7 Å². The van der Waals surface area contributed by atoms with Gasteiger partial charge in [0.25, 0.3) is 0 Å². The van der Waals surface area contributed by atoms with E-state index in [4.69, 9.17) is 4.74 Å². The maximum atomic E-state index is 11.5. The molecule has 1 aliphatic heterocycles. The maximum absolute atomic E-state index is 11.5. The zero-order valence-corrected chi connectivity index (χ0v) is 8.08. The van der Waals surface area contributed by atoms with Gasteiger partial charge in [0.2, 0.25) is 0 Å². The highest BCUT2D eigenvalue weighted by molar-refractivity contribution is 5.77. The largest absolute Gasteiger partial charge is 0.465 e. The van der Waals surface area contributed by atoms with Crippen LogP contribution in [0.3, 0.4) is 0 Å². The number of fused-ring (bicyclic) bond motifs is 2. The van der Waals surface area contributed by atoms with Crippen LogP contribution >= 0.6 is 0 Å². The van der Waals surface area contributed by atoms with E-state index in [0.29, 0.717) is 18.6 Å². The van der Waals surface area contributed by atoms with E-state index in [9.17, 15) is 4.79 Å². The molecule has 0 radical (unpaired) electrons. The quantitative estimate of drug-likeness (QED) is 0.665. The molecule has 0 aromatic rings. The summed E-state index contributed by atoms with van der Waals surface area (Å²) in [4.78, 5) is 11.5. The van der Waals surface area contributed by atoms with Crippen molar-refractivity contribution in [3.8, 4) is 0 Å². The summed E-state index contributed by atoms with van der Waals surface area (Å²) in [5.41, 5.74) is 0. The summed E-state index contributed by atoms with van der Waals surface area (Å²) in [6.45, 7) is 2.58. The van der Waals surface area contributed by atoms with Gasteiger partial charge in [-0.2, -0.15) is 0 Å². The van der Waals surface area contributed by atoms with Crippen LogP contribution in [0.1, 0.15) is 32.6 Å². The molecule has 3 nitrogen and oxygen atoms in total. The number of esters is 1. The number of carbonyl (C=O) groups excluding carboxylic acids is 1. The van der Waals surface area contributed by atoms with Gasteiger partial charge in [0.1, 0.15) is 6.04 Å². The molecule has 1 heterocycles. The SMILES string of the molecule is CCCOC(=O)C1NC2CCC1C2. The molecule has 3 heteroatoms. The summed E-state index contributed by atoms with van der Waals surface area (Å²) in [6, 6.07) is 0.592. The number of nitrogens with one attached hydrogen (secondary N) is 1. The minimum absolute atomic E-state index is 0.00491. The summed E-state index contributed by atoms with van der Waals surface area (Å²) in [5, 5.41) is 3.32. The fraction of sp³-hybridized carbons (Fsp3) is 0.900. The van der Waals surface area contributed by atoms with Crippen LogP contribution in [-0.2, 0) is 9.53 Å². The Morgan fingerprint density at radius 1 is 1.54 bits per heavy atom. The summed E-state index contributed by atoms with van der Waals surface area (Å²) >= 11 is 0. The summed E-state index contributed by atoms with van der Waals surface area (Å²) < 4.78 is 5.13. The van der Waals surface area contributed by atoms with Gasteiger partial charge in [-0.1, -0.05) is 6.92 Å². The van der Waals surface area contributed by atoms with Crippen molar-refractivity contribution in [3.63, 3.8) is 0 Å². The Hall–Kier alpha value is -0.570. The highest BCUT2D eigenvalue weighted by Gasteiger charge is 2.43. The molecule has 2 aliphatic rings. The van der Waals surface area contributed by atoms with Crippen molar-refractivity contribution in [2.75, 3.05) is 6.61 Å². The molecule has 1 saturated carbocycles. The molecule has 1 N–H and O–H groups in total. The Kier molecular flexibility index (Phi) is 2.54. The van der Waals surface area contributed by atoms with E-state index < -0.39 is 0 Å². The minimum Gasteiger partial charge on any atom is -0.465 e. The fourth-order valence-electron chi connectivity index (χ4n) is 2.41. The Balaban J connectivity index is 1.84. The van der Waals surface area contributed by atoms with Crippen molar-refractivity contribution in [1.82, 2.24) is 5.32 Å². The first-order valence-corrected chi connectivity index (χ1v) is 5.24. The Morgan fingerprint density at radius 3 is 2.92 bits per heavy atom. The molecule has 74 valence electrons. The molecule has 2 bridgehead atoms. The second-order valence-electron chi connectivity index (χ2n) is 4.08. The molecular weight excluding hydrogens is 166 g/mol. The van der Waals surface area contributed by atoms with Crippen LogP contribution in [0.5, 0.6) is 0 Å². The van der Waals surface area contributed by atoms with Crippen LogP contribution in [0.4, 0.5) is 0 Å². The van der Waals surface area contributed by atoms with E-state index in [1.807, 2.05) is 6.92 Å². The third kappa shape index (κ3) is 1.70. The number of hydrogen-bond acceptors (Lipinski definition) is 3. The number of piperidine rings is 1. The fourth-order valence-corrected chi connectivity index (χ4v) is 2.41. The van der Waals surface area contributed by atoms with E-state index in [0.717, 1.165) is 6.42 Å². The molecule has 0 spiro atoms. The van der Waals surface area contributed by atoms with E-state index in [1.54, 1.807) is 0 Å². The topological polar surface area (TPSA) is 38.3 Å². The Labute approximate surface area is 78.8 Å². The van der Waals surface area contributed by atoms with Gasteiger partial charge in [0.15, 0.2) is 0 Å². The minimum atomic E-state index is -0.0333. The Morgan fingerprint density at radius 2 is 2.38 bits per heavy atom. The molecule has 1 aliphatic carbocycles. The highest BCUT2D eigenvalue weighted by Crippen LogP contribution is 2.35. The van der Waals surface area contributed by atoms with Crippen molar-refractivity contribution in [2.24, 2.45) is 5.92 Å². The predicted molar refractivity (Wildman–Crippen MR) is 49.3 cm³/mol. The molecule has 3 atom stereocenters. The summed E-state index contributed by atoms with van der Waals surface area (Å²) in [6.07, 6.45) is 4.52. The van der Waals surface area contributed by atoms with Gasteiger partial charge in [-0.05, 0) is 31.6 Å². The van der Waals surface area contributed by atoms with Crippen LogP contribution in [0.2, 0.25) is 0 Å². The predicted octanol–water partition coefficient (Wildman–Crippen LogP) is 1.08. The zero-order valence-electron chi connectivity index (χ0n) is 8.08. The molecule has 0 aromatic carbocycles. The van der Waals surface area contributed by atoms with Crippen molar-refractivity contribution < 1.29 is 9.53 Å². The van der Waals surface area contributed by atoms with Gasteiger partial charge < -0.3 is 10.1 Å². The molecule has 13 heavy (non-hydrogen) atoms. The molecule has 0 aromatic heterocycles. The normalized spacial score (nSPS) is 36.5. The third-order valence-electron chi connectivity index (χ3n) is 3.06. The average Bonchev–Trinajstić information content (AvgIpc) is 2.74. The van der Waals surface area contributed by atoms with E-state index in [2.05, 4.69) is 5.32 Å². The first-order chi connectivity index (χ1) is 6.31. The lowest BCUT2D eigenvalue weighted by molar-refractivity contribution is -0.147. The third-order valence-corrected chi connectivity index (χ3v) is 3.06. The monoisotopic (exact) mass is 183 g/mol. The summed E-state index contributed by atoms with van der Waals surface area (Å²) in [7, 11) is 0. The first-order valence-electron chi connectivity index (χ1n) is 5.24.